The molecule has 4 atom stereocenters. The summed E-state index contributed by atoms with van der Waals surface area (Å²) in [5.41, 5.74) is 4.60. The number of fused-ring (bicyclic) bond motifs is 3. The Kier molecular flexibility index (Phi) is 3.39. The van der Waals surface area contributed by atoms with E-state index in [1.807, 2.05) is 0 Å². The van der Waals surface area contributed by atoms with Crippen molar-refractivity contribution in [1.82, 2.24) is 5.32 Å². The molecule has 1 nitrogen and oxygen atoms in total. The predicted octanol–water partition coefficient (Wildman–Crippen LogP) is 4.69. The zero-order valence-corrected chi connectivity index (χ0v) is 13.8. The second kappa shape index (κ2) is 5.26. The smallest absolute Gasteiger partial charge is 0.0355 e. The summed E-state index contributed by atoms with van der Waals surface area (Å²) >= 11 is 3.53. The molecule has 1 N–H and O–H groups in total. The van der Waals surface area contributed by atoms with Gasteiger partial charge in [0.1, 0.15) is 0 Å². The van der Waals surface area contributed by atoms with Crippen molar-refractivity contribution in [2.24, 2.45) is 11.8 Å². The molecule has 0 heterocycles. The van der Waals surface area contributed by atoms with Crippen molar-refractivity contribution in [1.29, 1.82) is 0 Å². The molecule has 1 fully saturated rings. The average Bonchev–Trinajstić information content (AvgIpc) is 3.25. The lowest BCUT2D eigenvalue weighted by atomic mass is 9.92. The number of hydrogen-bond acceptors (Lipinski definition) is 1. The SMILES string of the molecule is CNC(c1ccc(Br)cc1)C1C2CCc3ccccc3C21. The largest absolute Gasteiger partial charge is 0.313 e. The van der Waals surface area contributed by atoms with Crippen molar-refractivity contribution in [3.63, 3.8) is 0 Å². The van der Waals surface area contributed by atoms with Gasteiger partial charge in [-0.1, -0.05) is 52.3 Å². The van der Waals surface area contributed by atoms with Gasteiger partial charge in [-0.25, -0.2) is 0 Å². The summed E-state index contributed by atoms with van der Waals surface area (Å²) in [7, 11) is 2.10. The minimum absolute atomic E-state index is 0.472. The lowest BCUT2D eigenvalue weighted by Crippen LogP contribution is -2.19. The van der Waals surface area contributed by atoms with Crippen LogP contribution in [-0.2, 0) is 6.42 Å². The molecule has 2 aromatic rings. The van der Waals surface area contributed by atoms with E-state index in [1.165, 1.54) is 18.4 Å². The molecule has 2 aliphatic rings. The molecule has 0 amide bonds. The van der Waals surface area contributed by atoms with Crippen molar-refractivity contribution in [2.75, 3.05) is 7.05 Å². The molecule has 0 saturated heterocycles. The fourth-order valence-electron chi connectivity index (χ4n) is 4.33. The summed E-state index contributed by atoms with van der Waals surface area (Å²) in [5, 5.41) is 3.57. The summed E-state index contributed by atoms with van der Waals surface area (Å²) in [6, 6.07) is 18.3. The van der Waals surface area contributed by atoms with Crippen LogP contribution < -0.4 is 5.32 Å². The van der Waals surface area contributed by atoms with E-state index < -0.39 is 0 Å². The van der Waals surface area contributed by atoms with Crippen LogP contribution >= 0.6 is 15.9 Å². The van der Waals surface area contributed by atoms with Crippen molar-refractivity contribution in [3.8, 4) is 0 Å². The molecule has 108 valence electrons. The van der Waals surface area contributed by atoms with E-state index in [9.17, 15) is 0 Å². The van der Waals surface area contributed by atoms with Gasteiger partial charge in [0.05, 0.1) is 0 Å². The summed E-state index contributed by atoms with van der Waals surface area (Å²) in [4.78, 5) is 0. The van der Waals surface area contributed by atoms with Gasteiger partial charge in [-0.05, 0) is 66.5 Å². The first kappa shape index (κ1) is 13.5. The topological polar surface area (TPSA) is 12.0 Å². The monoisotopic (exact) mass is 341 g/mol. The third-order valence-corrected chi connectivity index (χ3v) is 5.84. The lowest BCUT2D eigenvalue weighted by Gasteiger charge is -2.17. The summed E-state index contributed by atoms with van der Waals surface area (Å²) < 4.78 is 1.15. The normalized spacial score (nSPS) is 27.6. The van der Waals surface area contributed by atoms with E-state index in [4.69, 9.17) is 0 Å². The van der Waals surface area contributed by atoms with Gasteiger partial charge in [0.25, 0.3) is 0 Å². The Morgan fingerprint density at radius 3 is 2.62 bits per heavy atom. The van der Waals surface area contributed by atoms with Crippen LogP contribution in [0.4, 0.5) is 0 Å². The van der Waals surface area contributed by atoms with Crippen LogP contribution in [0.1, 0.15) is 35.1 Å². The zero-order chi connectivity index (χ0) is 14.4. The Balaban J connectivity index is 1.64. The van der Waals surface area contributed by atoms with Gasteiger partial charge in [0.2, 0.25) is 0 Å². The molecule has 0 aromatic heterocycles. The predicted molar refractivity (Wildman–Crippen MR) is 90.4 cm³/mol. The van der Waals surface area contributed by atoms with Crippen LogP contribution in [0.2, 0.25) is 0 Å². The number of nitrogens with one attached hydrogen (secondary N) is 1. The molecular weight excluding hydrogens is 322 g/mol. The van der Waals surface area contributed by atoms with Gasteiger partial charge >= 0.3 is 0 Å². The van der Waals surface area contributed by atoms with Gasteiger partial charge < -0.3 is 5.32 Å². The lowest BCUT2D eigenvalue weighted by molar-refractivity contribution is 0.484. The van der Waals surface area contributed by atoms with E-state index in [1.54, 1.807) is 11.1 Å². The maximum atomic E-state index is 3.57. The molecule has 0 radical (unpaired) electrons. The highest BCUT2D eigenvalue weighted by Gasteiger charge is 2.56. The Bertz CT molecular complexity index is 649. The van der Waals surface area contributed by atoms with Gasteiger partial charge in [-0.3, -0.25) is 0 Å². The van der Waals surface area contributed by atoms with Crippen LogP contribution in [-0.4, -0.2) is 7.05 Å². The van der Waals surface area contributed by atoms with Crippen LogP contribution in [0.15, 0.2) is 53.0 Å². The number of benzene rings is 2. The maximum Gasteiger partial charge on any atom is 0.0355 e. The van der Waals surface area contributed by atoms with E-state index in [-0.39, 0.29) is 0 Å². The minimum atomic E-state index is 0.472. The molecule has 4 unspecified atom stereocenters. The molecular formula is C19H20BrN. The van der Waals surface area contributed by atoms with Crippen molar-refractivity contribution >= 4 is 15.9 Å². The van der Waals surface area contributed by atoms with E-state index in [2.05, 4.69) is 76.8 Å². The Hall–Kier alpha value is -1.12. The molecule has 0 bridgehead atoms. The molecule has 0 aliphatic heterocycles. The second-order valence-corrected chi connectivity index (χ2v) is 7.24. The third kappa shape index (κ3) is 2.25. The van der Waals surface area contributed by atoms with Crippen LogP contribution in [0.3, 0.4) is 0 Å². The Morgan fingerprint density at radius 2 is 1.86 bits per heavy atom. The number of hydrogen-bond donors (Lipinski definition) is 1. The fraction of sp³-hybridized carbons (Fsp3) is 0.368. The standard InChI is InChI=1S/C19H20BrN/c1-21-19(13-6-9-14(20)10-7-13)18-16-11-8-12-4-2-3-5-15(12)17(16)18/h2-7,9-10,16-19,21H,8,11H2,1H3. The first-order valence-electron chi connectivity index (χ1n) is 7.80. The Morgan fingerprint density at radius 1 is 1.10 bits per heavy atom. The number of aryl methyl sites for hydroxylation is 1. The van der Waals surface area contributed by atoms with Crippen LogP contribution in [0.5, 0.6) is 0 Å². The maximum absolute atomic E-state index is 3.57. The molecule has 4 rings (SSSR count). The molecule has 0 spiro atoms. The van der Waals surface area contributed by atoms with Crippen LogP contribution in [0, 0.1) is 11.8 Å². The Labute approximate surface area is 134 Å². The van der Waals surface area contributed by atoms with E-state index >= 15 is 0 Å². The van der Waals surface area contributed by atoms with Crippen molar-refractivity contribution < 1.29 is 0 Å². The minimum Gasteiger partial charge on any atom is -0.313 e. The molecule has 1 saturated carbocycles. The average molecular weight is 342 g/mol. The molecule has 2 aliphatic carbocycles. The van der Waals surface area contributed by atoms with E-state index in [0.29, 0.717) is 6.04 Å². The molecule has 21 heavy (non-hydrogen) atoms. The number of halogens is 1. The summed E-state index contributed by atoms with van der Waals surface area (Å²) in [6.45, 7) is 0. The van der Waals surface area contributed by atoms with Crippen LogP contribution in [0.25, 0.3) is 0 Å². The van der Waals surface area contributed by atoms with Crippen molar-refractivity contribution in [3.05, 3.63) is 69.7 Å². The molecule has 2 aromatic carbocycles. The molecule has 2 heteroatoms. The van der Waals surface area contributed by atoms with Gasteiger partial charge in [0, 0.05) is 10.5 Å². The highest BCUT2D eigenvalue weighted by molar-refractivity contribution is 9.10. The zero-order valence-electron chi connectivity index (χ0n) is 12.2. The summed E-state index contributed by atoms with van der Waals surface area (Å²) in [6.07, 6.45) is 2.60. The quantitative estimate of drug-likeness (QED) is 0.854. The highest BCUT2D eigenvalue weighted by Crippen LogP contribution is 2.64. The fourth-order valence-corrected chi connectivity index (χ4v) is 4.59. The van der Waals surface area contributed by atoms with Gasteiger partial charge in [-0.2, -0.15) is 0 Å². The van der Waals surface area contributed by atoms with E-state index in [0.717, 1.165) is 22.2 Å². The summed E-state index contributed by atoms with van der Waals surface area (Å²) in [5.74, 6) is 2.37. The number of rotatable bonds is 3. The first-order valence-corrected chi connectivity index (χ1v) is 8.59. The van der Waals surface area contributed by atoms with Gasteiger partial charge in [0.15, 0.2) is 0 Å². The first-order chi connectivity index (χ1) is 10.3. The second-order valence-electron chi connectivity index (χ2n) is 6.32. The van der Waals surface area contributed by atoms with Crippen molar-refractivity contribution in [2.45, 2.75) is 24.8 Å². The highest BCUT2D eigenvalue weighted by atomic mass is 79.9. The third-order valence-electron chi connectivity index (χ3n) is 5.32. The van der Waals surface area contributed by atoms with Gasteiger partial charge in [-0.15, -0.1) is 0 Å².